The van der Waals surface area contributed by atoms with E-state index in [1.54, 1.807) is 6.26 Å². The van der Waals surface area contributed by atoms with Gasteiger partial charge in [0.2, 0.25) is 5.91 Å². The van der Waals surface area contributed by atoms with E-state index in [-0.39, 0.29) is 11.2 Å². The fourth-order valence-electron chi connectivity index (χ4n) is 2.32. The van der Waals surface area contributed by atoms with Gasteiger partial charge in [-0.1, -0.05) is 43.8 Å². The molecule has 0 aliphatic rings. The maximum Gasteiger partial charge on any atom is 0.233 e. The van der Waals surface area contributed by atoms with Crippen molar-refractivity contribution in [2.45, 2.75) is 31.0 Å². The number of furan rings is 1. The smallest absolute Gasteiger partial charge is 0.233 e. The number of amides is 1. The fraction of sp³-hybridized carbons (Fsp3) is 0.316. The first kappa shape index (κ1) is 17.5. The number of carbonyl (C=O) groups excluding carboxylic acids is 1. The highest BCUT2D eigenvalue weighted by atomic mass is 32.2. The first-order chi connectivity index (χ1) is 12.0. The Morgan fingerprint density at radius 3 is 2.68 bits per heavy atom. The van der Waals surface area contributed by atoms with Crippen molar-refractivity contribution < 1.29 is 9.21 Å². The van der Waals surface area contributed by atoms with Gasteiger partial charge in [-0.2, -0.15) is 0 Å². The highest BCUT2D eigenvalue weighted by Gasteiger charge is 2.18. The maximum absolute atomic E-state index is 12.3. The monoisotopic (exact) mass is 355 g/mol. The Morgan fingerprint density at radius 2 is 1.96 bits per heavy atom. The van der Waals surface area contributed by atoms with Crippen LogP contribution in [0.25, 0.3) is 22.5 Å². The molecule has 130 valence electrons. The lowest BCUT2D eigenvalue weighted by Crippen LogP contribution is -2.33. The van der Waals surface area contributed by atoms with Gasteiger partial charge in [0, 0.05) is 11.9 Å². The molecule has 0 bridgehead atoms. The third-order valence-electron chi connectivity index (χ3n) is 3.65. The molecule has 0 unspecified atom stereocenters. The van der Waals surface area contributed by atoms with Gasteiger partial charge in [0.05, 0.1) is 17.0 Å². The molecule has 3 rings (SSSR count). The lowest BCUT2D eigenvalue weighted by atomic mass is 10.2. The standard InChI is InChI=1S/C19H21N3O2S/c1-12(2)11-20-18(23)13(3)25-19-14-7-4-5-8-15(14)21-17(22-19)16-9-6-10-24-16/h4-10,12-13H,11H2,1-3H3,(H,20,23)/t13-/m0/s1. The van der Waals surface area contributed by atoms with Gasteiger partial charge >= 0.3 is 0 Å². The Bertz CT molecular complexity index is 862. The summed E-state index contributed by atoms with van der Waals surface area (Å²) < 4.78 is 5.43. The number of rotatable bonds is 6. The zero-order chi connectivity index (χ0) is 17.8. The van der Waals surface area contributed by atoms with Crippen LogP contribution in [0, 0.1) is 5.92 Å². The SMILES string of the molecule is CC(C)CNC(=O)[C@H](C)Sc1nc(-c2ccco2)nc2ccccc12. The summed E-state index contributed by atoms with van der Waals surface area (Å²) in [5.41, 5.74) is 0.834. The van der Waals surface area contributed by atoms with Gasteiger partial charge < -0.3 is 9.73 Å². The number of hydrogen-bond acceptors (Lipinski definition) is 5. The molecule has 6 heteroatoms. The average molecular weight is 355 g/mol. The Kier molecular flexibility index (Phi) is 5.38. The Labute approximate surface area is 151 Å². The van der Waals surface area contributed by atoms with Gasteiger partial charge in [-0.15, -0.1) is 0 Å². The third-order valence-corrected chi connectivity index (χ3v) is 4.75. The maximum atomic E-state index is 12.3. The molecule has 2 heterocycles. The van der Waals surface area contributed by atoms with E-state index in [0.29, 0.717) is 24.0 Å². The second-order valence-corrected chi connectivity index (χ2v) is 7.58. The molecule has 1 atom stereocenters. The molecule has 0 saturated carbocycles. The summed E-state index contributed by atoms with van der Waals surface area (Å²) in [5.74, 6) is 1.58. The van der Waals surface area contributed by atoms with E-state index in [9.17, 15) is 4.79 Å². The molecule has 0 aliphatic heterocycles. The summed E-state index contributed by atoms with van der Waals surface area (Å²) in [5, 5.41) is 4.44. The summed E-state index contributed by atoms with van der Waals surface area (Å²) in [4.78, 5) is 21.5. The number of nitrogens with one attached hydrogen (secondary N) is 1. The van der Waals surface area contributed by atoms with Crippen molar-refractivity contribution in [1.29, 1.82) is 0 Å². The number of aromatic nitrogens is 2. The molecule has 2 aromatic heterocycles. The van der Waals surface area contributed by atoms with Crippen LogP contribution in [-0.4, -0.2) is 27.7 Å². The lowest BCUT2D eigenvalue weighted by molar-refractivity contribution is -0.120. The molecule has 0 radical (unpaired) electrons. The number of thioether (sulfide) groups is 1. The Balaban J connectivity index is 1.90. The molecular weight excluding hydrogens is 334 g/mol. The summed E-state index contributed by atoms with van der Waals surface area (Å²) in [6.07, 6.45) is 1.60. The summed E-state index contributed by atoms with van der Waals surface area (Å²) in [6, 6.07) is 11.4. The van der Waals surface area contributed by atoms with E-state index in [4.69, 9.17) is 4.42 Å². The number of benzene rings is 1. The number of para-hydroxylation sites is 1. The van der Waals surface area contributed by atoms with Crippen molar-refractivity contribution in [3.63, 3.8) is 0 Å². The highest BCUT2D eigenvalue weighted by molar-refractivity contribution is 8.00. The molecular formula is C19H21N3O2S. The second kappa shape index (κ2) is 7.70. The van der Waals surface area contributed by atoms with E-state index < -0.39 is 0 Å². The Morgan fingerprint density at radius 1 is 1.16 bits per heavy atom. The van der Waals surface area contributed by atoms with Gasteiger partial charge in [-0.05, 0) is 31.0 Å². The van der Waals surface area contributed by atoms with E-state index in [0.717, 1.165) is 15.9 Å². The van der Waals surface area contributed by atoms with Gasteiger partial charge in [-0.3, -0.25) is 4.79 Å². The quantitative estimate of drug-likeness (QED) is 0.531. The van der Waals surface area contributed by atoms with Crippen LogP contribution in [0.3, 0.4) is 0 Å². The van der Waals surface area contributed by atoms with Crippen LogP contribution in [-0.2, 0) is 4.79 Å². The van der Waals surface area contributed by atoms with Crippen molar-refractivity contribution in [2.75, 3.05) is 6.54 Å². The van der Waals surface area contributed by atoms with Crippen LogP contribution in [0.2, 0.25) is 0 Å². The van der Waals surface area contributed by atoms with E-state index in [1.165, 1.54) is 11.8 Å². The van der Waals surface area contributed by atoms with Crippen molar-refractivity contribution in [2.24, 2.45) is 5.92 Å². The largest absolute Gasteiger partial charge is 0.461 e. The lowest BCUT2D eigenvalue weighted by Gasteiger charge is -2.14. The van der Waals surface area contributed by atoms with Crippen molar-refractivity contribution in [3.05, 3.63) is 42.7 Å². The van der Waals surface area contributed by atoms with Crippen LogP contribution in [0.15, 0.2) is 52.1 Å². The van der Waals surface area contributed by atoms with Crippen LogP contribution < -0.4 is 5.32 Å². The molecule has 0 spiro atoms. The summed E-state index contributed by atoms with van der Waals surface area (Å²) >= 11 is 1.44. The third kappa shape index (κ3) is 4.20. The molecule has 3 aromatic rings. The number of carbonyl (C=O) groups is 1. The fourth-order valence-corrected chi connectivity index (χ4v) is 3.29. The number of fused-ring (bicyclic) bond motifs is 1. The van der Waals surface area contributed by atoms with Crippen LogP contribution in [0.1, 0.15) is 20.8 Å². The molecule has 1 aromatic carbocycles. The van der Waals surface area contributed by atoms with Gasteiger partial charge in [0.1, 0.15) is 5.03 Å². The second-order valence-electron chi connectivity index (χ2n) is 6.25. The first-order valence-electron chi connectivity index (χ1n) is 8.29. The molecule has 5 nitrogen and oxygen atoms in total. The van der Waals surface area contributed by atoms with Gasteiger partial charge in [0.15, 0.2) is 11.6 Å². The van der Waals surface area contributed by atoms with Crippen molar-refractivity contribution in [1.82, 2.24) is 15.3 Å². The Hall–Kier alpha value is -2.34. The molecule has 1 amide bonds. The number of nitrogens with zero attached hydrogens (tertiary/aromatic N) is 2. The zero-order valence-electron chi connectivity index (χ0n) is 14.5. The van der Waals surface area contributed by atoms with Crippen LogP contribution in [0.4, 0.5) is 0 Å². The molecule has 0 saturated heterocycles. The topological polar surface area (TPSA) is 68.0 Å². The summed E-state index contributed by atoms with van der Waals surface area (Å²) in [6.45, 7) is 6.72. The highest BCUT2D eigenvalue weighted by Crippen LogP contribution is 2.31. The zero-order valence-corrected chi connectivity index (χ0v) is 15.3. The van der Waals surface area contributed by atoms with E-state index in [1.807, 2.05) is 43.3 Å². The minimum Gasteiger partial charge on any atom is -0.461 e. The predicted octanol–water partition coefficient (Wildman–Crippen LogP) is 4.14. The summed E-state index contributed by atoms with van der Waals surface area (Å²) in [7, 11) is 0. The normalized spacial score (nSPS) is 12.5. The predicted molar refractivity (Wildman–Crippen MR) is 100 cm³/mol. The average Bonchev–Trinajstić information content (AvgIpc) is 3.14. The minimum atomic E-state index is -0.249. The van der Waals surface area contributed by atoms with Crippen molar-refractivity contribution >= 4 is 28.6 Å². The molecule has 0 fully saturated rings. The van der Waals surface area contributed by atoms with E-state index in [2.05, 4.69) is 29.1 Å². The van der Waals surface area contributed by atoms with Gasteiger partial charge in [-0.25, -0.2) is 9.97 Å². The molecule has 1 N–H and O–H groups in total. The van der Waals surface area contributed by atoms with E-state index >= 15 is 0 Å². The number of hydrogen-bond donors (Lipinski definition) is 1. The molecule has 0 aliphatic carbocycles. The first-order valence-corrected chi connectivity index (χ1v) is 9.17. The minimum absolute atomic E-state index is 0.0148. The van der Waals surface area contributed by atoms with Crippen LogP contribution >= 0.6 is 11.8 Å². The van der Waals surface area contributed by atoms with Crippen molar-refractivity contribution in [3.8, 4) is 11.6 Å². The molecule has 25 heavy (non-hydrogen) atoms. The van der Waals surface area contributed by atoms with Gasteiger partial charge in [0.25, 0.3) is 0 Å². The van der Waals surface area contributed by atoms with Crippen LogP contribution in [0.5, 0.6) is 0 Å².